The van der Waals surface area contributed by atoms with Crippen LogP contribution in [0.25, 0.3) is 11.3 Å². The standard InChI is InChI=1S/C19H15ClFN3O2S/c1-11(25)22-16-9-14(21)6-7-15(16)17-10-27-19(23-17)24-18(26)8-12-2-4-13(20)5-3-12/h2-7,9-10H,8H2,1H3,(H,22,25)(H,23,24,26). The zero-order valence-corrected chi connectivity index (χ0v) is 15.8. The second kappa shape index (κ2) is 8.28. The summed E-state index contributed by atoms with van der Waals surface area (Å²) in [4.78, 5) is 27.9. The van der Waals surface area contributed by atoms with Crippen LogP contribution in [0, 0.1) is 5.82 Å². The molecule has 0 aliphatic carbocycles. The monoisotopic (exact) mass is 403 g/mol. The normalized spacial score (nSPS) is 10.5. The maximum atomic E-state index is 13.5. The Morgan fingerprint density at radius 1 is 1.15 bits per heavy atom. The second-order valence-corrected chi connectivity index (χ2v) is 7.05. The summed E-state index contributed by atoms with van der Waals surface area (Å²) in [5.41, 5.74) is 2.26. The molecule has 2 aromatic carbocycles. The fraction of sp³-hybridized carbons (Fsp3) is 0.105. The van der Waals surface area contributed by atoms with Gasteiger partial charge in [-0.25, -0.2) is 9.37 Å². The third kappa shape index (κ3) is 5.12. The number of hydrogen-bond donors (Lipinski definition) is 2. The van der Waals surface area contributed by atoms with E-state index in [9.17, 15) is 14.0 Å². The van der Waals surface area contributed by atoms with Gasteiger partial charge in [-0.2, -0.15) is 0 Å². The lowest BCUT2D eigenvalue weighted by Crippen LogP contribution is -2.14. The number of nitrogens with one attached hydrogen (secondary N) is 2. The first kappa shape index (κ1) is 19.0. The highest BCUT2D eigenvalue weighted by atomic mass is 35.5. The van der Waals surface area contributed by atoms with E-state index in [4.69, 9.17) is 11.6 Å². The number of thiazole rings is 1. The summed E-state index contributed by atoms with van der Waals surface area (Å²) in [6.45, 7) is 1.35. The highest BCUT2D eigenvalue weighted by molar-refractivity contribution is 7.14. The number of benzene rings is 2. The number of carbonyl (C=O) groups excluding carboxylic acids is 2. The average molecular weight is 404 g/mol. The quantitative estimate of drug-likeness (QED) is 0.646. The molecule has 1 heterocycles. The Kier molecular flexibility index (Phi) is 5.83. The Labute approximate surface area is 164 Å². The maximum absolute atomic E-state index is 13.5. The molecule has 0 saturated carbocycles. The van der Waals surface area contributed by atoms with Gasteiger partial charge in [0.2, 0.25) is 11.8 Å². The molecule has 0 spiro atoms. The fourth-order valence-corrected chi connectivity index (χ4v) is 3.29. The van der Waals surface area contributed by atoms with Gasteiger partial charge in [-0.3, -0.25) is 9.59 Å². The summed E-state index contributed by atoms with van der Waals surface area (Å²) in [5, 5.41) is 8.09. The van der Waals surface area contributed by atoms with Crippen LogP contribution in [0.4, 0.5) is 15.2 Å². The largest absolute Gasteiger partial charge is 0.326 e. The van der Waals surface area contributed by atoms with Crippen molar-refractivity contribution in [2.24, 2.45) is 0 Å². The lowest BCUT2D eigenvalue weighted by Gasteiger charge is -2.08. The van der Waals surface area contributed by atoms with Crippen molar-refractivity contribution in [2.75, 3.05) is 10.6 Å². The lowest BCUT2D eigenvalue weighted by atomic mass is 10.1. The van der Waals surface area contributed by atoms with E-state index >= 15 is 0 Å². The van der Waals surface area contributed by atoms with Crippen LogP contribution in [-0.4, -0.2) is 16.8 Å². The molecule has 0 unspecified atom stereocenters. The van der Waals surface area contributed by atoms with Crippen LogP contribution < -0.4 is 10.6 Å². The minimum absolute atomic E-state index is 0.194. The molecule has 3 aromatic rings. The van der Waals surface area contributed by atoms with Gasteiger partial charge in [-0.1, -0.05) is 23.7 Å². The number of aromatic nitrogens is 1. The van der Waals surface area contributed by atoms with Gasteiger partial charge < -0.3 is 10.6 Å². The molecule has 138 valence electrons. The fourth-order valence-electron chi connectivity index (χ4n) is 2.44. The van der Waals surface area contributed by atoms with Crippen LogP contribution >= 0.6 is 22.9 Å². The molecule has 3 rings (SSSR count). The second-order valence-electron chi connectivity index (χ2n) is 5.76. The topological polar surface area (TPSA) is 71.1 Å². The number of amides is 2. The molecule has 2 N–H and O–H groups in total. The average Bonchev–Trinajstić information content (AvgIpc) is 3.04. The number of hydrogen-bond acceptors (Lipinski definition) is 4. The molecule has 2 amide bonds. The van der Waals surface area contributed by atoms with Crippen LogP contribution in [0.15, 0.2) is 47.8 Å². The van der Waals surface area contributed by atoms with E-state index in [0.29, 0.717) is 27.1 Å². The molecule has 0 saturated heterocycles. The van der Waals surface area contributed by atoms with Crippen LogP contribution in [0.1, 0.15) is 12.5 Å². The first-order chi connectivity index (χ1) is 12.9. The minimum Gasteiger partial charge on any atom is -0.326 e. The molecule has 1 aromatic heterocycles. The van der Waals surface area contributed by atoms with Crippen molar-refractivity contribution in [2.45, 2.75) is 13.3 Å². The Bertz CT molecular complexity index is 989. The number of nitrogens with zero attached hydrogens (tertiary/aromatic N) is 1. The van der Waals surface area contributed by atoms with Gasteiger partial charge in [0, 0.05) is 22.9 Å². The van der Waals surface area contributed by atoms with Gasteiger partial charge >= 0.3 is 0 Å². The zero-order chi connectivity index (χ0) is 19.4. The van der Waals surface area contributed by atoms with E-state index in [-0.39, 0.29) is 18.2 Å². The molecule has 0 bridgehead atoms. The van der Waals surface area contributed by atoms with E-state index in [0.717, 1.165) is 5.56 Å². The highest BCUT2D eigenvalue weighted by Crippen LogP contribution is 2.31. The van der Waals surface area contributed by atoms with Crippen molar-refractivity contribution in [1.29, 1.82) is 0 Å². The summed E-state index contributed by atoms with van der Waals surface area (Å²) < 4.78 is 13.5. The van der Waals surface area contributed by atoms with Gasteiger partial charge in [0.15, 0.2) is 5.13 Å². The van der Waals surface area contributed by atoms with E-state index in [2.05, 4.69) is 15.6 Å². The number of carbonyl (C=O) groups is 2. The Balaban J connectivity index is 1.74. The van der Waals surface area contributed by atoms with Crippen molar-refractivity contribution in [1.82, 2.24) is 4.98 Å². The molecule has 0 aliphatic rings. The van der Waals surface area contributed by atoms with Gasteiger partial charge in [0.05, 0.1) is 17.8 Å². The molecule has 0 atom stereocenters. The smallest absolute Gasteiger partial charge is 0.230 e. The van der Waals surface area contributed by atoms with E-state index in [1.807, 2.05) is 0 Å². The van der Waals surface area contributed by atoms with Gasteiger partial charge in [0.1, 0.15) is 5.82 Å². The van der Waals surface area contributed by atoms with Crippen molar-refractivity contribution in [3.05, 3.63) is 64.2 Å². The molecule has 27 heavy (non-hydrogen) atoms. The van der Waals surface area contributed by atoms with Crippen molar-refractivity contribution < 1.29 is 14.0 Å². The molecule has 0 fully saturated rings. The summed E-state index contributed by atoms with van der Waals surface area (Å²) >= 11 is 7.08. The van der Waals surface area contributed by atoms with Crippen molar-refractivity contribution in [3.63, 3.8) is 0 Å². The minimum atomic E-state index is -0.464. The number of anilines is 2. The molecule has 0 radical (unpaired) electrons. The van der Waals surface area contributed by atoms with Crippen molar-refractivity contribution >= 4 is 45.6 Å². The molecular weight excluding hydrogens is 389 g/mol. The Morgan fingerprint density at radius 3 is 2.59 bits per heavy atom. The van der Waals surface area contributed by atoms with Crippen LogP contribution in [-0.2, 0) is 16.0 Å². The third-order valence-corrected chi connectivity index (χ3v) is 4.61. The predicted molar refractivity (Wildman–Crippen MR) is 106 cm³/mol. The maximum Gasteiger partial charge on any atom is 0.230 e. The summed E-state index contributed by atoms with van der Waals surface area (Å²) in [7, 11) is 0. The zero-order valence-electron chi connectivity index (χ0n) is 14.3. The molecule has 5 nitrogen and oxygen atoms in total. The molecule has 8 heteroatoms. The van der Waals surface area contributed by atoms with Gasteiger partial charge in [-0.05, 0) is 35.9 Å². The molecular formula is C19H15ClFN3O2S. The highest BCUT2D eigenvalue weighted by Gasteiger charge is 2.13. The summed E-state index contributed by atoms with van der Waals surface area (Å²) in [6, 6.07) is 11.1. The lowest BCUT2D eigenvalue weighted by molar-refractivity contribution is -0.116. The first-order valence-corrected chi connectivity index (χ1v) is 9.24. The van der Waals surface area contributed by atoms with E-state index in [1.54, 1.807) is 29.6 Å². The van der Waals surface area contributed by atoms with E-state index in [1.165, 1.54) is 36.5 Å². The summed E-state index contributed by atoms with van der Waals surface area (Å²) in [5.74, 6) is -0.984. The SMILES string of the molecule is CC(=O)Nc1cc(F)ccc1-c1csc(NC(=O)Cc2ccc(Cl)cc2)n1. The molecule has 0 aliphatic heterocycles. The van der Waals surface area contributed by atoms with Crippen molar-refractivity contribution in [3.8, 4) is 11.3 Å². The van der Waals surface area contributed by atoms with Crippen LogP contribution in [0.2, 0.25) is 5.02 Å². The van der Waals surface area contributed by atoms with Crippen LogP contribution in [0.5, 0.6) is 0 Å². The summed E-state index contributed by atoms with van der Waals surface area (Å²) in [6.07, 6.45) is 0.194. The first-order valence-electron chi connectivity index (χ1n) is 7.98. The third-order valence-electron chi connectivity index (χ3n) is 3.60. The Morgan fingerprint density at radius 2 is 1.89 bits per heavy atom. The van der Waals surface area contributed by atoms with Gasteiger partial charge in [-0.15, -0.1) is 11.3 Å². The van der Waals surface area contributed by atoms with Gasteiger partial charge in [0.25, 0.3) is 0 Å². The predicted octanol–water partition coefficient (Wildman–Crippen LogP) is 4.74. The van der Waals surface area contributed by atoms with Crippen LogP contribution in [0.3, 0.4) is 0 Å². The Hall–Kier alpha value is -2.77. The number of rotatable bonds is 5. The van der Waals surface area contributed by atoms with E-state index < -0.39 is 5.82 Å². The number of halogens is 2.